The van der Waals surface area contributed by atoms with Gasteiger partial charge in [-0.25, -0.2) is 0 Å². The summed E-state index contributed by atoms with van der Waals surface area (Å²) >= 11 is 2.06. The summed E-state index contributed by atoms with van der Waals surface area (Å²) in [5.41, 5.74) is 0. The van der Waals surface area contributed by atoms with E-state index in [1.807, 2.05) is 0 Å². The lowest BCUT2D eigenvalue weighted by molar-refractivity contribution is -0.123. The zero-order valence-electron chi connectivity index (χ0n) is 11.1. The number of hydrogen-bond donors (Lipinski definition) is 0. The van der Waals surface area contributed by atoms with Gasteiger partial charge in [0.15, 0.2) is 0 Å². The summed E-state index contributed by atoms with van der Waals surface area (Å²) in [6.07, 6.45) is 7.75. The summed E-state index contributed by atoms with van der Waals surface area (Å²) in [6, 6.07) is 0. The van der Waals surface area contributed by atoms with Crippen molar-refractivity contribution in [2.75, 3.05) is 5.75 Å². The van der Waals surface area contributed by atoms with E-state index < -0.39 is 0 Å². The Kier molecular flexibility index (Phi) is 5.88. The molecule has 0 unspecified atom stereocenters. The molecule has 1 aliphatic rings. The summed E-state index contributed by atoms with van der Waals surface area (Å²) in [5, 5.41) is 0. The van der Waals surface area contributed by atoms with E-state index in [4.69, 9.17) is 0 Å². The molecule has 1 rings (SSSR count). The number of Topliss-reactive ketones (excluding diaryl/α,β-unsaturated/α-hetero) is 1. The highest BCUT2D eigenvalue weighted by Gasteiger charge is 2.34. The largest absolute Gasteiger partial charge is 0.299 e. The predicted molar refractivity (Wildman–Crippen MR) is 73.0 cm³/mol. The molecule has 0 bridgehead atoms. The number of rotatable bonds is 6. The number of thioether (sulfide) groups is 1. The summed E-state index contributed by atoms with van der Waals surface area (Å²) in [6.45, 7) is 6.76. The monoisotopic (exact) mass is 242 g/mol. The maximum absolute atomic E-state index is 12.1. The van der Waals surface area contributed by atoms with Crippen molar-refractivity contribution >= 4 is 17.5 Å². The summed E-state index contributed by atoms with van der Waals surface area (Å²) < 4.78 is 0.364. The molecule has 2 heteroatoms. The third-order valence-electron chi connectivity index (χ3n) is 3.82. The minimum Gasteiger partial charge on any atom is -0.299 e. The SMILES string of the molecule is CCCCCC(=O)[C@H]1CCS[C@](C)(CC)C1. The van der Waals surface area contributed by atoms with Crippen LogP contribution < -0.4 is 0 Å². The molecule has 1 heterocycles. The van der Waals surface area contributed by atoms with Gasteiger partial charge in [0.05, 0.1) is 0 Å². The number of unbranched alkanes of at least 4 members (excludes halogenated alkanes) is 2. The van der Waals surface area contributed by atoms with Crippen molar-refractivity contribution in [3.05, 3.63) is 0 Å². The highest BCUT2D eigenvalue weighted by molar-refractivity contribution is 8.00. The Bertz CT molecular complexity index is 227. The number of hydrogen-bond acceptors (Lipinski definition) is 2. The Morgan fingerprint density at radius 2 is 2.12 bits per heavy atom. The number of carbonyl (C=O) groups excluding carboxylic acids is 1. The minimum atomic E-state index is 0.364. The molecule has 0 aromatic heterocycles. The van der Waals surface area contributed by atoms with Gasteiger partial charge in [-0.2, -0.15) is 11.8 Å². The maximum atomic E-state index is 12.1. The molecule has 0 aliphatic carbocycles. The van der Waals surface area contributed by atoms with Gasteiger partial charge in [0.25, 0.3) is 0 Å². The smallest absolute Gasteiger partial charge is 0.136 e. The van der Waals surface area contributed by atoms with Crippen LogP contribution in [-0.4, -0.2) is 16.3 Å². The molecule has 0 N–H and O–H groups in total. The van der Waals surface area contributed by atoms with Gasteiger partial charge in [-0.15, -0.1) is 0 Å². The van der Waals surface area contributed by atoms with Gasteiger partial charge in [-0.1, -0.05) is 33.6 Å². The average Bonchev–Trinajstić information content (AvgIpc) is 2.29. The Morgan fingerprint density at radius 1 is 1.38 bits per heavy atom. The lowest BCUT2D eigenvalue weighted by atomic mass is 9.86. The molecule has 0 saturated carbocycles. The van der Waals surface area contributed by atoms with Crippen molar-refractivity contribution in [2.45, 2.75) is 70.5 Å². The third-order valence-corrected chi connectivity index (χ3v) is 5.42. The van der Waals surface area contributed by atoms with Crippen LogP contribution in [0.3, 0.4) is 0 Å². The molecular weight excluding hydrogens is 216 g/mol. The topological polar surface area (TPSA) is 17.1 Å². The fourth-order valence-electron chi connectivity index (χ4n) is 2.40. The van der Waals surface area contributed by atoms with Gasteiger partial charge in [-0.05, 0) is 31.4 Å². The molecule has 0 spiro atoms. The van der Waals surface area contributed by atoms with E-state index in [0.29, 0.717) is 16.4 Å². The first-order chi connectivity index (χ1) is 7.61. The first-order valence-corrected chi connectivity index (χ1v) is 7.76. The highest BCUT2D eigenvalue weighted by atomic mass is 32.2. The van der Waals surface area contributed by atoms with Crippen LogP contribution in [0.15, 0.2) is 0 Å². The van der Waals surface area contributed by atoms with Crippen molar-refractivity contribution in [2.24, 2.45) is 5.92 Å². The van der Waals surface area contributed by atoms with Gasteiger partial charge in [-0.3, -0.25) is 4.79 Å². The van der Waals surface area contributed by atoms with Gasteiger partial charge in [0.1, 0.15) is 5.78 Å². The first kappa shape index (κ1) is 14.1. The maximum Gasteiger partial charge on any atom is 0.136 e. The summed E-state index contributed by atoms with van der Waals surface area (Å²) in [4.78, 5) is 12.1. The molecule has 0 amide bonds. The van der Waals surface area contributed by atoms with E-state index in [1.54, 1.807) is 0 Å². The van der Waals surface area contributed by atoms with Crippen molar-refractivity contribution in [1.82, 2.24) is 0 Å². The lowest BCUT2D eigenvalue weighted by Gasteiger charge is -2.36. The van der Waals surface area contributed by atoms with E-state index in [2.05, 4.69) is 32.5 Å². The molecule has 1 aliphatic heterocycles. The number of ketones is 1. The van der Waals surface area contributed by atoms with Crippen molar-refractivity contribution in [1.29, 1.82) is 0 Å². The Labute approximate surface area is 105 Å². The highest BCUT2D eigenvalue weighted by Crippen LogP contribution is 2.41. The predicted octanol–water partition coefficient (Wildman–Crippen LogP) is 4.45. The number of carbonyl (C=O) groups is 1. The van der Waals surface area contributed by atoms with Gasteiger partial charge in [0, 0.05) is 17.1 Å². The quantitative estimate of drug-likeness (QED) is 0.640. The van der Waals surface area contributed by atoms with E-state index in [9.17, 15) is 4.79 Å². The molecule has 16 heavy (non-hydrogen) atoms. The van der Waals surface area contributed by atoms with Gasteiger partial charge < -0.3 is 0 Å². The molecule has 1 fully saturated rings. The van der Waals surface area contributed by atoms with Crippen LogP contribution in [0.1, 0.15) is 65.7 Å². The van der Waals surface area contributed by atoms with E-state index in [0.717, 1.165) is 25.7 Å². The first-order valence-electron chi connectivity index (χ1n) is 6.78. The second kappa shape index (κ2) is 6.68. The van der Waals surface area contributed by atoms with Crippen LogP contribution in [0.4, 0.5) is 0 Å². The Morgan fingerprint density at radius 3 is 2.75 bits per heavy atom. The lowest BCUT2D eigenvalue weighted by Crippen LogP contribution is -2.32. The summed E-state index contributed by atoms with van der Waals surface area (Å²) in [5.74, 6) is 2.07. The molecule has 0 aromatic rings. The zero-order chi connectivity index (χ0) is 12.0. The fourth-order valence-corrected chi connectivity index (χ4v) is 3.82. The van der Waals surface area contributed by atoms with E-state index in [1.165, 1.54) is 25.0 Å². The van der Waals surface area contributed by atoms with Crippen LogP contribution in [-0.2, 0) is 4.79 Å². The molecule has 2 atom stereocenters. The fraction of sp³-hybridized carbons (Fsp3) is 0.929. The Balaban J connectivity index is 2.38. The molecule has 0 aromatic carbocycles. The van der Waals surface area contributed by atoms with Crippen LogP contribution >= 0.6 is 11.8 Å². The minimum absolute atomic E-state index is 0.364. The van der Waals surface area contributed by atoms with Crippen LogP contribution in [0, 0.1) is 5.92 Å². The van der Waals surface area contributed by atoms with Gasteiger partial charge >= 0.3 is 0 Å². The Hall–Kier alpha value is 0.0200. The van der Waals surface area contributed by atoms with Crippen molar-refractivity contribution < 1.29 is 4.79 Å². The van der Waals surface area contributed by atoms with E-state index in [-0.39, 0.29) is 0 Å². The van der Waals surface area contributed by atoms with Crippen LogP contribution in [0.5, 0.6) is 0 Å². The normalized spacial score (nSPS) is 30.3. The summed E-state index contributed by atoms with van der Waals surface area (Å²) in [7, 11) is 0. The second-order valence-electron chi connectivity index (χ2n) is 5.27. The van der Waals surface area contributed by atoms with Gasteiger partial charge in [0.2, 0.25) is 0 Å². The average molecular weight is 242 g/mol. The third kappa shape index (κ3) is 4.12. The van der Waals surface area contributed by atoms with Crippen molar-refractivity contribution in [3.63, 3.8) is 0 Å². The standard InChI is InChI=1S/C14H26OS/c1-4-6-7-8-13(15)12-9-10-16-14(3,5-2)11-12/h12H,4-11H2,1-3H3/t12-,14+/m0/s1. The molecule has 1 nitrogen and oxygen atoms in total. The van der Waals surface area contributed by atoms with E-state index >= 15 is 0 Å². The second-order valence-corrected chi connectivity index (χ2v) is 6.95. The molecule has 1 saturated heterocycles. The molecular formula is C14H26OS. The van der Waals surface area contributed by atoms with Crippen LogP contribution in [0.2, 0.25) is 0 Å². The van der Waals surface area contributed by atoms with Crippen LogP contribution in [0.25, 0.3) is 0 Å². The zero-order valence-corrected chi connectivity index (χ0v) is 11.9. The van der Waals surface area contributed by atoms with Crippen molar-refractivity contribution in [3.8, 4) is 0 Å². The molecule has 0 radical (unpaired) electrons. The molecule has 94 valence electrons.